The minimum atomic E-state index is -0.721. The fourth-order valence-electron chi connectivity index (χ4n) is 4.28. The molecule has 0 aliphatic rings. The molecule has 10 heteroatoms. The van der Waals surface area contributed by atoms with E-state index in [1.807, 2.05) is 30.3 Å². The predicted molar refractivity (Wildman–Crippen MR) is 156 cm³/mol. The van der Waals surface area contributed by atoms with Crippen molar-refractivity contribution in [2.24, 2.45) is 0 Å². The predicted octanol–water partition coefficient (Wildman–Crippen LogP) is 5.68. The average Bonchev–Trinajstić information content (AvgIpc) is 3.28. The zero-order valence-corrected chi connectivity index (χ0v) is 23.9. The molecule has 0 fully saturated rings. The van der Waals surface area contributed by atoms with Crippen LogP contribution < -0.4 is 4.90 Å². The van der Waals surface area contributed by atoms with Gasteiger partial charge in [0.1, 0.15) is 30.3 Å². The summed E-state index contributed by atoms with van der Waals surface area (Å²) in [7, 11) is 0. The maximum absolute atomic E-state index is 13.5. The molecule has 0 aliphatic heterocycles. The Hall–Kier alpha value is -4.86. The molecule has 0 atom stereocenters. The summed E-state index contributed by atoms with van der Waals surface area (Å²) in [6, 6.07) is 12.9. The van der Waals surface area contributed by atoms with Gasteiger partial charge in [-0.1, -0.05) is 36.4 Å². The van der Waals surface area contributed by atoms with Gasteiger partial charge in [0.2, 0.25) is 0 Å². The Balaban J connectivity index is 1.90. The standard InChI is InChI=1S/C31H33N5O5/c1-7-13-35(30(39)40-19-22-11-9-8-10-12-22)26-15-23(24-16-32-21(3)33-17-24)14-25-28(20(2)37)34-36(29(25)26)18-27(38)41-31(4,5)6/h7-12,14-17H,1,13,18-19H2,2-6H3. The molecular weight excluding hydrogens is 522 g/mol. The van der Waals surface area contributed by atoms with Crippen molar-refractivity contribution >= 4 is 34.4 Å². The van der Waals surface area contributed by atoms with Gasteiger partial charge in [-0.15, -0.1) is 6.58 Å². The molecule has 0 saturated heterocycles. The topological polar surface area (TPSA) is 117 Å². The Kier molecular flexibility index (Phi) is 8.61. The highest BCUT2D eigenvalue weighted by Gasteiger charge is 2.27. The molecule has 0 saturated carbocycles. The van der Waals surface area contributed by atoms with Gasteiger partial charge >= 0.3 is 12.1 Å². The number of aryl methyl sites for hydroxylation is 1. The summed E-state index contributed by atoms with van der Waals surface area (Å²) in [6.07, 6.45) is 4.26. The quantitative estimate of drug-likeness (QED) is 0.147. The lowest BCUT2D eigenvalue weighted by Gasteiger charge is -2.24. The normalized spacial score (nSPS) is 11.2. The Morgan fingerprint density at radius 2 is 1.73 bits per heavy atom. The number of nitrogens with zero attached hydrogens (tertiary/aromatic N) is 5. The summed E-state index contributed by atoms with van der Waals surface area (Å²) in [6.45, 7) is 12.2. The first-order valence-electron chi connectivity index (χ1n) is 13.1. The second kappa shape index (κ2) is 12.1. The van der Waals surface area contributed by atoms with Crippen LogP contribution in [0, 0.1) is 6.92 Å². The molecular formula is C31H33N5O5. The van der Waals surface area contributed by atoms with E-state index in [-0.39, 0.29) is 31.2 Å². The number of benzene rings is 2. The number of ether oxygens (including phenoxy) is 2. The lowest BCUT2D eigenvalue weighted by Crippen LogP contribution is -2.32. The van der Waals surface area contributed by atoms with E-state index in [2.05, 4.69) is 21.6 Å². The number of fused-ring (bicyclic) bond motifs is 1. The van der Waals surface area contributed by atoms with Gasteiger partial charge in [-0.2, -0.15) is 5.10 Å². The molecule has 0 N–H and O–H groups in total. The average molecular weight is 556 g/mol. The first kappa shape index (κ1) is 29.1. The van der Waals surface area contributed by atoms with Crippen LogP contribution in [-0.2, 0) is 27.4 Å². The minimum absolute atomic E-state index is 0.0534. The van der Waals surface area contributed by atoms with Crippen molar-refractivity contribution in [1.82, 2.24) is 19.7 Å². The minimum Gasteiger partial charge on any atom is -0.459 e. The van der Waals surface area contributed by atoms with E-state index in [0.717, 1.165) is 5.56 Å². The molecule has 212 valence electrons. The van der Waals surface area contributed by atoms with Gasteiger partial charge in [0.05, 0.1) is 11.2 Å². The van der Waals surface area contributed by atoms with Gasteiger partial charge in [-0.25, -0.2) is 14.8 Å². The van der Waals surface area contributed by atoms with Gasteiger partial charge in [0, 0.05) is 36.8 Å². The molecule has 0 bridgehead atoms. The smallest absolute Gasteiger partial charge is 0.414 e. The molecule has 2 aromatic carbocycles. The molecule has 0 spiro atoms. The number of ketones is 1. The third-order valence-corrected chi connectivity index (χ3v) is 6.00. The first-order chi connectivity index (χ1) is 19.5. The van der Waals surface area contributed by atoms with Crippen LogP contribution >= 0.6 is 0 Å². The lowest BCUT2D eigenvalue weighted by molar-refractivity contribution is -0.155. The van der Waals surface area contributed by atoms with Gasteiger partial charge in [-0.05, 0) is 51.0 Å². The van der Waals surface area contributed by atoms with E-state index in [4.69, 9.17) is 9.47 Å². The Morgan fingerprint density at radius 1 is 1.05 bits per heavy atom. The zero-order chi connectivity index (χ0) is 29.7. The van der Waals surface area contributed by atoms with Crippen molar-refractivity contribution in [2.45, 2.75) is 53.4 Å². The third-order valence-electron chi connectivity index (χ3n) is 6.00. The molecule has 2 aromatic heterocycles. The van der Waals surface area contributed by atoms with Crippen molar-refractivity contribution < 1.29 is 23.9 Å². The van der Waals surface area contributed by atoms with Crippen LogP contribution in [0.5, 0.6) is 0 Å². The number of Topliss-reactive ketones (excluding diaryl/α,β-unsaturated/α-hetero) is 1. The second-order valence-electron chi connectivity index (χ2n) is 10.5. The number of esters is 1. The number of rotatable bonds is 9. The van der Waals surface area contributed by atoms with Gasteiger partial charge < -0.3 is 9.47 Å². The first-order valence-corrected chi connectivity index (χ1v) is 13.1. The summed E-state index contributed by atoms with van der Waals surface area (Å²) in [5.74, 6) is -0.244. The van der Waals surface area contributed by atoms with E-state index in [9.17, 15) is 14.4 Å². The number of aromatic nitrogens is 4. The third kappa shape index (κ3) is 7.02. The maximum atomic E-state index is 13.5. The highest BCUT2D eigenvalue weighted by atomic mass is 16.6. The van der Waals surface area contributed by atoms with Crippen molar-refractivity contribution in [3.63, 3.8) is 0 Å². The fourth-order valence-corrected chi connectivity index (χ4v) is 4.28. The highest BCUT2D eigenvalue weighted by Crippen LogP contribution is 2.36. The van der Waals surface area contributed by atoms with E-state index < -0.39 is 17.7 Å². The number of carbonyl (C=O) groups excluding carboxylic acids is 3. The zero-order valence-electron chi connectivity index (χ0n) is 23.9. The summed E-state index contributed by atoms with van der Waals surface area (Å²) < 4.78 is 12.6. The fraction of sp³-hybridized carbons (Fsp3) is 0.290. The summed E-state index contributed by atoms with van der Waals surface area (Å²) >= 11 is 0. The summed E-state index contributed by atoms with van der Waals surface area (Å²) in [5.41, 5.74) is 2.35. The number of hydrogen-bond donors (Lipinski definition) is 0. The Bertz CT molecular complexity index is 1590. The SMILES string of the molecule is C=CCN(C(=O)OCc1ccccc1)c1cc(-c2cnc(C)nc2)cc2c(C(C)=O)nn(CC(=O)OC(C)(C)C)c12. The number of carbonyl (C=O) groups is 3. The van der Waals surface area contributed by atoms with E-state index in [1.54, 1.807) is 58.3 Å². The van der Waals surface area contributed by atoms with E-state index in [1.165, 1.54) is 16.5 Å². The molecule has 2 heterocycles. The molecule has 41 heavy (non-hydrogen) atoms. The van der Waals surface area contributed by atoms with Crippen molar-refractivity contribution in [1.29, 1.82) is 0 Å². The van der Waals surface area contributed by atoms with Gasteiger partial charge in [0.15, 0.2) is 5.78 Å². The number of amides is 1. The second-order valence-corrected chi connectivity index (χ2v) is 10.5. The van der Waals surface area contributed by atoms with Gasteiger partial charge in [-0.3, -0.25) is 19.2 Å². The van der Waals surface area contributed by atoms with Crippen LogP contribution in [0.2, 0.25) is 0 Å². The van der Waals surface area contributed by atoms with Crippen LogP contribution in [0.1, 0.15) is 49.6 Å². The molecule has 10 nitrogen and oxygen atoms in total. The van der Waals surface area contributed by atoms with Crippen LogP contribution in [0.3, 0.4) is 0 Å². The lowest BCUT2D eigenvalue weighted by atomic mass is 10.0. The van der Waals surface area contributed by atoms with Crippen LogP contribution in [-0.4, -0.2) is 49.7 Å². The van der Waals surface area contributed by atoms with Crippen LogP contribution in [0.4, 0.5) is 10.5 Å². The number of anilines is 1. The summed E-state index contributed by atoms with van der Waals surface area (Å²) in [5, 5.41) is 4.95. The van der Waals surface area contributed by atoms with Crippen LogP contribution in [0.25, 0.3) is 22.0 Å². The van der Waals surface area contributed by atoms with Crippen molar-refractivity contribution in [3.8, 4) is 11.1 Å². The summed E-state index contributed by atoms with van der Waals surface area (Å²) in [4.78, 5) is 49.2. The molecule has 4 aromatic rings. The Labute approximate surface area is 238 Å². The molecule has 4 rings (SSSR count). The largest absolute Gasteiger partial charge is 0.459 e. The van der Waals surface area contributed by atoms with Gasteiger partial charge in [0.25, 0.3) is 0 Å². The molecule has 0 aliphatic carbocycles. The highest BCUT2D eigenvalue weighted by molar-refractivity contribution is 6.11. The maximum Gasteiger partial charge on any atom is 0.414 e. The number of hydrogen-bond acceptors (Lipinski definition) is 8. The Morgan fingerprint density at radius 3 is 2.34 bits per heavy atom. The van der Waals surface area contributed by atoms with Crippen LogP contribution in [0.15, 0.2) is 67.5 Å². The molecule has 0 radical (unpaired) electrons. The molecule has 1 amide bonds. The van der Waals surface area contributed by atoms with E-state index >= 15 is 0 Å². The van der Waals surface area contributed by atoms with E-state index in [0.29, 0.717) is 33.5 Å². The monoisotopic (exact) mass is 555 g/mol. The van der Waals surface area contributed by atoms with Crippen molar-refractivity contribution in [3.05, 3.63) is 84.6 Å². The van der Waals surface area contributed by atoms with Crippen molar-refractivity contribution in [2.75, 3.05) is 11.4 Å². The molecule has 0 unspecified atom stereocenters.